The number of aliphatic imine (C=N–C) groups is 1. The molecule has 0 spiro atoms. The highest BCUT2D eigenvalue weighted by molar-refractivity contribution is 5.91. The average Bonchev–Trinajstić information content (AvgIpc) is 2.52. The summed E-state index contributed by atoms with van der Waals surface area (Å²) in [6.07, 6.45) is 1.06. The predicted octanol–water partition coefficient (Wildman–Crippen LogP) is 3.48. The van der Waals surface area contributed by atoms with Crippen LogP contribution in [0.4, 0.5) is 5.69 Å². The Morgan fingerprint density at radius 3 is 2.82 bits per heavy atom. The first-order valence-corrected chi connectivity index (χ1v) is 6.07. The van der Waals surface area contributed by atoms with Crippen molar-refractivity contribution in [2.24, 2.45) is 12.0 Å². The number of hydrogen-bond acceptors (Lipinski definition) is 2. The lowest BCUT2D eigenvalue weighted by molar-refractivity contribution is 0.789. The van der Waals surface area contributed by atoms with E-state index < -0.39 is 0 Å². The summed E-state index contributed by atoms with van der Waals surface area (Å²) >= 11 is 0. The van der Waals surface area contributed by atoms with Gasteiger partial charge in [0, 0.05) is 12.8 Å². The lowest BCUT2D eigenvalue weighted by Crippen LogP contribution is -2.06. The van der Waals surface area contributed by atoms with Gasteiger partial charge in [-0.25, -0.2) is 4.98 Å². The zero-order valence-electron chi connectivity index (χ0n) is 10.8. The second-order valence-corrected chi connectivity index (χ2v) is 5.07. The van der Waals surface area contributed by atoms with Crippen LogP contribution in [0.2, 0.25) is 0 Å². The number of benzene rings is 1. The number of aryl methyl sites for hydroxylation is 2. The van der Waals surface area contributed by atoms with Crippen LogP contribution in [-0.4, -0.2) is 15.3 Å². The monoisotopic (exact) mass is 227 g/mol. The van der Waals surface area contributed by atoms with Gasteiger partial charge in [0.2, 0.25) is 0 Å². The number of rotatable bonds is 0. The molecule has 2 heterocycles. The quantitative estimate of drug-likeness (QED) is 0.677. The van der Waals surface area contributed by atoms with Crippen LogP contribution in [0.15, 0.2) is 17.1 Å². The smallest absolute Gasteiger partial charge is 0.106 e. The maximum Gasteiger partial charge on any atom is 0.106 e. The zero-order valence-corrected chi connectivity index (χ0v) is 10.8. The van der Waals surface area contributed by atoms with Crippen molar-refractivity contribution < 1.29 is 0 Å². The van der Waals surface area contributed by atoms with Crippen molar-refractivity contribution in [2.75, 3.05) is 0 Å². The molecule has 0 aliphatic carbocycles. The summed E-state index contributed by atoms with van der Waals surface area (Å²) in [6.45, 7) is 6.41. The van der Waals surface area contributed by atoms with E-state index in [9.17, 15) is 0 Å². The molecule has 17 heavy (non-hydrogen) atoms. The van der Waals surface area contributed by atoms with E-state index >= 15 is 0 Å². The molecular formula is C14H17N3. The Balaban J connectivity index is 2.34. The van der Waals surface area contributed by atoms with Crippen molar-refractivity contribution in [3.05, 3.63) is 23.5 Å². The SMILES string of the molecule is CC1=Nc2cc3nc(C)n(C)c3cc2C(C)C1. The third kappa shape index (κ3) is 1.49. The van der Waals surface area contributed by atoms with Crippen LogP contribution in [0, 0.1) is 6.92 Å². The van der Waals surface area contributed by atoms with Crippen molar-refractivity contribution >= 4 is 22.4 Å². The lowest BCUT2D eigenvalue weighted by Gasteiger charge is -2.20. The Morgan fingerprint density at radius 1 is 1.29 bits per heavy atom. The molecule has 3 nitrogen and oxygen atoms in total. The minimum absolute atomic E-state index is 0.558. The molecule has 3 rings (SSSR count). The Morgan fingerprint density at radius 2 is 2.06 bits per heavy atom. The van der Waals surface area contributed by atoms with Crippen molar-refractivity contribution in [1.82, 2.24) is 9.55 Å². The maximum atomic E-state index is 4.65. The summed E-state index contributed by atoms with van der Waals surface area (Å²) in [5, 5.41) is 0. The van der Waals surface area contributed by atoms with Gasteiger partial charge in [0.25, 0.3) is 0 Å². The molecule has 0 saturated heterocycles. The van der Waals surface area contributed by atoms with Gasteiger partial charge >= 0.3 is 0 Å². The van der Waals surface area contributed by atoms with E-state index in [2.05, 4.69) is 47.6 Å². The van der Waals surface area contributed by atoms with E-state index in [1.54, 1.807) is 0 Å². The van der Waals surface area contributed by atoms with Crippen LogP contribution in [-0.2, 0) is 7.05 Å². The van der Waals surface area contributed by atoms with E-state index in [4.69, 9.17) is 0 Å². The molecule has 1 aromatic carbocycles. The first-order chi connectivity index (χ1) is 8.06. The van der Waals surface area contributed by atoms with Gasteiger partial charge in [0.15, 0.2) is 0 Å². The van der Waals surface area contributed by atoms with Gasteiger partial charge in [-0.05, 0) is 43.9 Å². The Hall–Kier alpha value is -1.64. The topological polar surface area (TPSA) is 30.2 Å². The zero-order chi connectivity index (χ0) is 12.2. The van der Waals surface area contributed by atoms with E-state index in [-0.39, 0.29) is 0 Å². The summed E-state index contributed by atoms with van der Waals surface area (Å²) in [4.78, 5) is 9.22. The molecule has 0 amide bonds. The van der Waals surface area contributed by atoms with Crippen LogP contribution in [0.3, 0.4) is 0 Å². The van der Waals surface area contributed by atoms with Crippen LogP contribution in [0.1, 0.15) is 37.6 Å². The van der Waals surface area contributed by atoms with Crippen molar-refractivity contribution in [2.45, 2.75) is 33.1 Å². The third-order valence-corrected chi connectivity index (χ3v) is 3.70. The number of nitrogens with zero attached hydrogens (tertiary/aromatic N) is 3. The van der Waals surface area contributed by atoms with Gasteiger partial charge < -0.3 is 4.57 Å². The molecule has 0 N–H and O–H groups in total. The van der Waals surface area contributed by atoms with Crippen LogP contribution >= 0.6 is 0 Å². The Labute approximate surface area is 101 Å². The molecule has 0 saturated carbocycles. The summed E-state index contributed by atoms with van der Waals surface area (Å²) in [7, 11) is 2.07. The molecule has 0 radical (unpaired) electrons. The fraction of sp³-hybridized carbons (Fsp3) is 0.429. The van der Waals surface area contributed by atoms with Crippen molar-refractivity contribution in [1.29, 1.82) is 0 Å². The normalized spacial score (nSPS) is 19.3. The van der Waals surface area contributed by atoms with Gasteiger partial charge in [-0.15, -0.1) is 0 Å². The Bertz CT molecular complexity index is 634. The lowest BCUT2D eigenvalue weighted by atomic mass is 9.91. The summed E-state index contributed by atoms with van der Waals surface area (Å²) in [5.41, 5.74) is 5.94. The van der Waals surface area contributed by atoms with E-state index in [1.807, 2.05) is 6.92 Å². The second kappa shape index (κ2) is 3.42. The van der Waals surface area contributed by atoms with Gasteiger partial charge in [-0.3, -0.25) is 4.99 Å². The molecule has 88 valence electrons. The minimum Gasteiger partial charge on any atom is -0.331 e. The molecular weight excluding hydrogens is 210 g/mol. The van der Waals surface area contributed by atoms with Gasteiger partial charge in [0.05, 0.1) is 16.7 Å². The molecule has 1 aliphatic rings. The second-order valence-electron chi connectivity index (χ2n) is 5.07. The molecule has 1 aliphatic heterocycles. The fourth-order valence-corrected chi connectivity index (χ4v) is 2.66. The number of aromatic nitrogens is 2. The van der Waals surface area contributed by atoms with Crippen molar-refractivity contribution in [3.8, 4) is 0 Å². The van der Waals surface area contributed by atoms with Crippen LogP contribution in [0.5, 0.6) is 0 Å². The molecule has 1 aromatic heterocycles. The molecule has 1 atom stereocenters. The molecule has 0 bridgehead atoms. The van der Waals surface area contributed by atoms with Gasteiger partial charge in [-0.2, -0.15) is 0 Å². The van der Waals surface area contributed by atoms with E-state index in [1.165, 1.54) is 16.8 Å². The largest absolute Gasteiger partial charge is 0.331 e. The summed E-state index contributed by atoms with van der Waals surface area (Å²) in [6, 6.07) is 4.38. The highest BCUT2D eigenvalue weighted by atomic mass is 15.0. The first kappa shape index (κ1) is 10.5. The van der Waals surface area contributed by atoms with E-state index in [0.717, 1.165) is 23.4 Å². The Kier molecular flexibility index (Phi) is 2.12. The fourth-order valence-electron chi connectivity index (χ4n) is 2.66. The number of imidazole rings is 1. The molecule has 2 aromatic rings. The average molecular weight is 227 g/mol. The predicted molar refractivity (Wildman–Crippen MR) is 71.3 cm³/mol. The highest BCUT2D eigenvalue weighted by Crippen LogP contribution is 2.37. The minimum atomic E-state index is 0.558. The van der Waals surface area contributed by atoms with E-state index in [0.29, 0.717) is 5.92 Å². The van der Waals surface area contributed by atoms with Crippen LogP contribution in [0.25, 0.3) is 11.0 Å². The number of hydrogen-bond donors (Lipinski definition) is 0. The third-order valence-electron chi connectivity index (χ3n) is 3.70. The maximum absolute atomic E-state index is 4.65. The van der Waals surface area contributed by atoms with Gasteiger partial charge in [-0.1, -0.05) is 6.92 Å². The molecule has 0 fully saturated rings. The van der Waals surface area contributed by atoms with Crippen LogP contribution < -0.4 is 0 Å². The number of fused-ring (bicyclic) bond motifs is 2. The molecule has 3 heteroatoms. The highest BCUT2D eigenvalue weighted by Gasteiger charge is 2.19. The molecule has 1 unspecified atom stereocenters. The van der Waals surface area contributed by atoms with Gasteiger partial charge in [0.1, 0.15) is 5.82 Å². The van der Waals surface area contributed by atoms with Crippen molar-refractivity contribution in [3.63, 3.8) is 0 Å². The summed E-state index contributed by atoms with van der Waals surface area (Å²) < 4.78 is 2.15. The standard InChI is InChI=1S/C14H17N3/c1-8-5-9(2)15-12-7-13-14(6-11(8)12)17(4)10(3)16-13/h6-8H,5H2,1-4H3. The summed E-state index contributed by atoms with van der Waals surface area (Å²) in [5.74, 6) is 1.61. The first-order valence-electron chi connectivity index (χ1n) is 6.07.